The summed E-state index contributed by atoms with van der Waals surface area (Å²) >= 11 is 0. The van der Waals surface area contributed by atoms with Gasteiger partial charge in [-0.25, -0.2) is 4.39 Å². The third-order valence-electron chi connectivity index (χ3n) is 2.15. The Labute approximate surface area is 94.6 Å². The summed E-state index contributed by atoms with van der Waals surface area (Å²) in [4.78, 5) is 11.4. The van der Waals surface area contributed by atoms with E-state index >= 15 is 0 Å². The molecule has 0 saturated carbocycles. The molecule has 0 unspecified atom stereocenters. The van der Waals surface area contributed by atoms with Gasteiger partial charge in [0.1, 0.15) is 0 Å². The number of rotatable bonds is 5. The van der Waals surface area contributed by atoms with Gasteiger partial charge in [-0.2, -0.15) is 0 Å². The topological polar surface area (TPSA) is 38.3 Å². The van der Waals surface area contributed by atoms with Crippen LogP contribution in [0.2, 0.25) is 0 Å². The van der Waals surface area contributed by atoms with Crippen LogP contribution in [0.3, 0.4) is 0 Å². The van der Waals surface area contributed by atoms with Crippen molar-refractivity contribution in [2.75, 3.05) is 13.7 Å². The van der Waals surface area contributed by atoms with Gasteiger partial charge >= 0.3 is 0 Å². The summed E-state index contributed by atoms with van der Waals surface area (Å²) in [7, 11) is 1.41. The molecule has 0 spiro atoms. The second-order valence-corrected chi connectivity index (χ2v) is 3.50. The first kappa shape index (κ1) is 12.5. The van der Waals surface area contributed by atoms with Crippen LogP contribution in [-0.2, 0) is 11.2 Å². The van der Waals surface area contributed by atoms with Gasteiger partial charge in [0.2, 0.25) is 5.91 Å². The van der Waals surface area contributed by atoms with Crippen LogP contribution in [0.4, 0.5) is 4.39 Å². The van der Waals surface area contributed by atoms with Gasteiger partial charge in [-0.05, 0) is 24.1 Å². The van der Waals surface area contributed by atoms with E-state index in [1.54, 1.807) is 6.07 Å². The van der Waals surface area contributed by atoms with E-state index in [2.05, 4.69) is 5.32 Å². The van der Waals surface area contributed by atoms with E-state index in [-0.39, 0.29) is 18.1 Å². The third kappa shape index (κ3) is 3.53. The van der Waals surface area contributed by atoms with Crippen molar-refractivity contribution in [3.63, 3.8) is 0 Å². The number of amides is 1. The quantitative estimate of drug-likeness (QED) is 0.831. The van der Waals surface area contributed by atoms with E-state index in [9.17, 15) is 9.18 Å². The number of carbonyl (C=O) groups is 1. The van der Waals surface area contributed by atoms with Gasteiger partial charge in [0.25, 0.3) is 0 Å². The molecule has 4 heteroatoms. The highest BCUT2D eigenvalue weighted by Crippen LogP contribution is 2.17. The highest BCUT2D eigenvalue weighted by Gasteiger charge is 2.06. The van der Waals surface area contributed by atoms with Gasteiger partial charge in [0, 0.05) is 6.54 Å². The Morgan fingerprint density at radius 3 is 2.81 bits per heavy atom. The molecular weight excluding hydrogens is 209 g/mol. The minimum absolute atomic E-state index is 0.0913. The first-order valence-corrected chi connectivity index (χ1v) is 5.26. The Hall–Kier alpha value is -1.58. The zero-order chi connectivity index (χ0) is 12.0. The van der Waals surface area contributed by atoms with Crippen LogP contribution in [0.5, 0.6) is 5.75 Å². The SMILES string of the molecule is CCCNC(=O)Cc1ccc(OC)c(F)c1. The molecule has 0 aliphatic heterocycles. The number of ether oxygens (including phenoxy) is 1. The summed E-state index contributed by atoms with van der Waals surface area (Å²) in [5.74, 6) is -0.340. The van der Waals surface area contributed by atoms with Crippen LogP contribution in [0, 0.1) is 5.82 Å². The molecule has 0 aromatic heterocycles. The normalized spacial score (nSPS) is 9.94. The molecule has 0 heterocycles. The number of halogens is 1. The summed E-state index contributed by atoms with van der Waals surface area (Å²) in [6.07, 6.45) is 1.09. The fourth-order valence-corrected chi connectivity index (χ4v) is 1.33. The highest BCUT2D eigenvalue weighted by molar-refractivity contribution is 5.78. The Kier molecular flexibility index (Phi) is 4.76. The molecule has 1 amide bonds. The average Bonchev–Trinajstić information content (AvgIpc) is 2.26. The molecule has 0 fully saturated rings. The van der Waals surface area contributed by atoms with Crippen LogP contribution in [0.25, 0.3) is 0 Å². The summed E-state index contributed by atoms with van der Waals surface area (Å²) < 4.78 is 18.1. The minimum atomic E-state index is -0.441. The van der Waals surface area contributed by atoms with Crippen molar-refractivity contribution in [1.29, 1.82) is 0 Å². The Balaban J connectivity index is 2.61. The lowest BCUT2D eigenvalue weighted by Gasteiger charge is -2.05. The van der Waals surface area contributed by atoms with Gasteiger partial charge in [-0.1, -0.05) is 13.0 Å². The molecule has 0 aliphatic rings. The predicted octanol–water partition coefficient (Wildman–Crippen LogP) is 1.90. The molecule has 0 radical (unpaired) electrons. The lowest BCUT2D eigenvalue weighted by Crippen LogP contribution is -2.25. The first-order valence-electron chi connectivity index (χ1n) is 5.26. The molecule has 3 nitrogen and oxygen atoms in total. The van der Waals surface area contributed by atoms with E-state index in [4.69, 9.17) is 4.74 Å². The molecule has 0 atom stereocenters. The number of methoxy groups -OCH3 is 1. The van der Waals surface area contributed by atoms with Gasteiger partial charge in [0.15, 0.2) is 11.6 Å². The van der Waals surface area contributed by atoms with Crippen molar-refractivity contribution in [2.24, 2.45) is 0 Å². The maximum atomic E-state index is 13.3. The molecule has 16 heavy (non-hydrogen) atoms. The zero-order valence-corrected chi connectivity index (χ0v) is 9.55. The number of benzene rings is 1. The molecule has 1 aromatic carbocycles. The highest BCUT2D eigenvalue weighted by atomic mass is 19.1. The van der Waals surface area contributed by atoms with Crippen molar-refractivity contribution in [3.05, 3.63) is 29.6 Å². The second-order valence-electron chi connectivity index (χ2n) is 3.50. The first-order chi connectivity index (χ1) is 7.67. The zero-order valence-electron chi connectivity index (χ0n) is 9.55. The monoisotopic (exact) mass is 225 g/mol. The molecular formula is C12H16FNO2. The molecule has 1 rings (SSSR count). The number of hydrogen-bond donors (Lipinski definition) is 1. The van der Waals surface area contributed by atoms with Crippen molar-refractivity contribution in [1.82, 2.24) is 5.32 Å². The molecule has 1 N–H and O–H groups in total. The van der Waals surface area contributed by atoms with E-state index in [1.807, 2.05) is 6.92 Å². The summed E-state index contributed by atoms with van der Waals surface area (Å²) in [5, 5.41) is 2.74. The fourth-order valence-electron chi connectivity index (χ4n) is 1.33. The van der Waals surface area contributed by atoms with Gasteiger partial charge < -0.3 is 10.1 Å². The number of hydrogen-bond acceptors (Lipinski definition) is 2. The predicted molar refractivity (Wildman–Crippen MR) is 60.0 cm³/mol. The van der Waals surface area contributed by atoms with Crippen LogP contribution >= 0.6 is 0 Å². The smallest absolute Gasteiger partial charge is 0.224 e. The second kappa shape index (κ2) is 6.10. The largest absolute Gasteiger partial charge is 0.494 e. The lowest BCUT2D eigenvalue weighted by molar-refractivity contribution is -0.120. The van der Waals surface area contributed by atoms with E-state index in [0.717, 1.165) is 6.42 Å². The van der Waals surface area contributed by atoms with E-state index in [1.165, 1.54) is 19.2 Å². The minimum Gasteiger partial charge on any atom is -0.494 e. The lowest BCUT2D eigenvalue weighted by atomic mass is 10.1. The van der Waals surface area contributed by atoms with Crippen LogP contribution in [0.1, 0.15) is 18.9 Å². The molecule has 0 aliphatic carbocycles. The maximum Gasteiger partial charge on any atom is 0.224 e. The van der Waals surface area contributed by atoms with E-state index in [0.29, 0.717) is 12.1 Å². The summed E-state index contributed by atoms with van der Waals surface area (Å²) in [6, 6.07) is 4.54. The molecule has 0 bridgehead atoms. The summed E-state index contributed by atoms with van der Waals surface area (Å²) in [6.45, 7) is 2.63. The Morgan fingerprint density at radius 1 is 1.50 bits per heavy atom. The van der Waals surface area contributed by atoms with Gasteiger partial charge in [-0.3, -0.25) is 4.79 Å². The fraction of sp³-hybridized carbons (Fsp3) is 0.417. The van der Waals surface area contributed by atoms with Crippen molar-refractivity contribution >= 4 is 5.91 Å². The average molecular weight is 225 g/mol. The maximum absolute atomic E-state index is 13.3. The van der Waals surface area contributed by atoms with Crippen LogP contribution in [0.15, 0.2) is 18.2 Å². The number of carbonyl (C=O) groups excluding carboxylic acids is 1. The Bertz CT molecular complexity index is 366. The van der Waals surface area contributed by atoms with E-state index < -0.39 is 5.82 Å². The van der Waals surface area contributed by atoms with Gasteiger partial charge in [0.05, 0.1) is 13.5 Å². The molecule has 0 saturated heterocycles. The third-order valence-corrected chi connectivity index (χ3v) is 2.15. The Morgan fingerprint density at radius 2 is 2.25 bits per heavy atom. The van der Waals surface area contributed by atoms with Crippen LogP contribution < -0.4 is 10.1 Å². The van der Waals surface area contributed by atoms with Crippen molar-refractivity contribution < 1.29 is 13.9 Å². The standard InChI is InChI=1S/C12H16FNO2/c1-3-6-14-12(15)8-9-4-5-11(16-2)10(13)7-9/h4-5,7H,3,6,8H2,1-2H3,(H,14,15). The summed E-state index contributed by atoms with van der Waals surface area (Å²) in [5.41, 5.74) is 0.645. The number of nitrogens with one attached hydrogen (secondary N) is 1. The molecule has 88 valence electrons. The van der Waals surface area contributed by atoms with Crippen molar-refractivity contribution in [3.8, 4) is 5.75 Å². The van der Waals surface area contributed by atoms with Gasteiger partial charge in [-0.15, -0.1) is 0 Å². The van der Waals surface area contributed by atoms with Crippen molar-refractivity contribution in [2.45, 2.75) is 19.8 Å². The molecule has 1 aromatic rings. The van der Waals surface area contributed by atoms with Crippen LogP contribution in [-0.4, -0.2) is 19.6 Å².